The fraction of sp³-hybridized carbons (Fsp3) is 0.462. The van der Waals surface area contributed by atoms with E-state index in [-0.39, 0.29) is 0 Å². The monoisotopic (exact) mass is 262 g/mol. The number of thioether (sulfide) groups is 1. The van der Waals surface area contributed by atoms with Crippen LogP contribution in [0.4, 0.5) is 0 Å². The summed E-state index contributed by atoms with van der Waals surface area (Å²) < 4.78 is 1.81. The van der Waals surface area contributed by atoms with Crippen LogP contribution < -0.4 is 0 Å². The third-order valence-electron chi connectivity index (χ3n) is 2.91. The van der Waals surface area contributed by atoms with Crippen molar-refractivity contribution in [3.8, 4) is 5.69 Å². The summed E-state index contributed by atoms with van der Waals surface area (Å²) in [6.45, 7) is 6.40. The Kier molecular flexibility index (Phi) is 4.36. The summed E-state index contributed by atoms with van der Waals surface area (Å²) in [5, 5.41) is 12.8. The molecule has 4 nitrogen and oxygen atoms in total. The highest BCUT2D eigenvalue weighted by molar-refractivity contribution is 7.99. The molecule has 0 radical (unpaired) electrons. The van der Waals surface area contributed by atoms with Crippen LogP contribution in [-0.2, 0) is 0 Å². The molecule has 1 aromatic heterocycles. The summed E-state index contributed by atoms with van der Waals surface area (Å²) in [6.07, 6.45) is 2.38. The fourth-order valence-corrected chi connectivity index (χ4v) is 2.57. The Bertz CT molecular complexity index is 521. The van der Waals surface area contributed by atoms with Crippen molar-refractivity contribution in [2.75, 3.05) is 5.75 Å². The highest BCUT2D eigenvalue weighted by Gasteiger charge is 2.09. The van der Waals surface area contributed by atoms with Gasteiger partial charge in [-0.05, 0) is 54.0 Å². The lowest BCUT2D eigenvalue weighted by molar-refractivity contribution is 0.754. The number of hydrogen-bond acceptors (Lipinski definition) is 4. The smallest absolute Gasteiger partial charge is 0.188 e. The molecule has 0 saturated carbocycles. The SMILES string of the molecule is CCCCSc1nnnn1-c1ccc(C)c(C)c1. The van der Waals surface area contributed by atoms with Gasteiger partial charge in [-0.3, -0.25) is 0 Å². The molecule has 0 aliphatic heterocycles. The standard InChI is InChI=1S/C13H18N4S/c1-4-5-8-18-13-14-15-16-17(13)12-7-6-10(2)11(3)9-12/h6-7,9H,4-5,8H2,1-3H3. The van der Waals surface area contributed by atoms with Crippen molar-refractivity contribution in [1.29, 1.82) is 0 Å². The largest absolute Gasteiger partial charge is 0.214 e. The maximum atomic E-state index is 4.08. The number of hydrogen-bond donors (Lipinski definition) is 0. The number of tetrazole rings is 1. The first-order chi connectivity index (χ1) is 8.72. The predicted octanol–water partition coefficient (Wildman–Crippen LogP) is 3.17. The summed E-state index contributed by atoms with van der Waals surface area (Å²) in [6, 6.07) is 6.28. The highest BCUT2D eigenvalue weighted by Crippen LogP contribution is 2.20. The number of rotatable bonds is 5. The molecule has 2 rings (SSSR count). The van der Waals surface area contributed by atoms with Crippen molar-refractivity contribution >= 4 is 11.8 Å². The maximum Gasteiger partial charge on any atom is 0.214 e. The van der Waals surface area contributed by atoms with Crippen LogP contribution in [0.1, 0.15) is 30.9 Å². The van der Waals surface area contributed by atoms with E-state index in [9.17, 15) is 0 Å². The van der Waals surface area contributed by atoms with E-state index in [0.29, 0.717) is 0 Å². The first-order valence-corrected chi connectivity index (χ1v) is 7.19. The Morgan fingerprint density at radius 1 is 1.22 bits per heavy atom. The lowest BCUT2D eigenvalue weighted by Gasteiger charge is -2.06. The fourth-order valence-electron chi connectivity index (χ4n) is 1.60. The Morgan fingerprint density at radius 2 is 2.06 bits per heavy atom. The first kappa shape index (κ1) is 13.1. The van der Waals surface area contributed by atoms with Crippen LogP contribution in [0.2, 0.25) is 0 Å². The lowest BCUT2D eigenvalue weighted by atomic mass is 10.1. The van der Waals surface area contributed by atoms with Gasteiger partial charge in [-0.2, -0.15) is 4.68 Å². The Balaban J connectivity index is 2.22. The van der Waals surface area contributed by atoms with E-state index in [4.69, 9.17) is 0 Å². The summed E-state index contributed by atoms with van der Waals surface area (Å²) in [7, 11) is 0. The minimum absolute atomic E-state index is 0.867. The van der Waals surface area contributed by atoms with E-state index in [1.165, 1.54) is 24.0 Å². The summed E-state index contributed by atoms with van der Waals surface area (Å²) in [5.41, 5.74) is 3.57. The summed E-state index contributed by atoms with van der Waals surface area (Å²) >= 11 is 1.71. The van der Waals surface area contributed by atoms with Gasteiger partial charge in [0.1, 0.15) is 0 Å². The van der Waals surface area contributed by atoms with E-state index in [1.54, 1.807) is 11.8 Å². The Morgan fingerprint density at radius 3 is 2.78 bits per heavy atom. The number of nitrogens with zero attached hydrogens (tertiary/aromatic N) is 4. The molecule has 5 heteroatoms. The average molecular weight is 262 g/mol. The molecular formula is C13H18N4S. The Labute approximate surface area is 112 Å². The average Bonchev–Trinajstić information content (AvgIpc) is 2.81. The van der Waals surface area contributed by atoms with Crippen molar-refractivity contribution in [2.24, 2.45) is 0 Å². The number of benzene rings is 1. The zero-order valence-corrected chi connectivity index (χ0v) is 11.9. The van der Waals surface area contributed by atoms with Crippen LogP contribution in [0.3, 0.4) is 0 Å². The molecule has 2 aromatic rings. The molecule has 0 N–H and O–H groups in total. The van der Waals surface area contributed by atoms with E-state index in [1.807, 2.05) is 4.68 Å². The van der Waals surface area contributed by atoms with Crippen LogP contribution in [0.25, 0.3) is 5.69 Å². The van der Waals surface area contributed by atoms with Crippen molar-refractivity contribution in [2.45, 2.75) is 38.8 Å². The number of aryl methyl sites for hydroxylation is 2. The second-order valence-corrected chi connectivity index (χ2v) is 5.41. The molecule has 0 aliphatic rings. The lowest BCUT2D eigenvalue weighted by Crippen LogP contribution is -2.00. The predicted molar refractivity (Wildman–Crippen MR) is 74.3 cm³/mol. The quantitative estimate of drug-likeness (QED) is 0.613. The Hall–Kier alpha value is -1.36. The highest BCUT2D eigenvalue weighted by atomic mass is 32.2. The number of aromatic nitrogens is 4. The molecular weight excluding hydrogens is 244 g/mol. The number of unbranched alkanes of at least 4 members (excludes halogenated alkanes) is 1. The minimum atomic E-state index is 0.867. The van der Waals surface area contributed by atoms with Crippen LogP contribution in [-0.4, -0.2) is 26.0 Å². The van der Waals surface area contributed by atoms with E-state index >= 15 is 0 Å². The molecule has 0 atom stereocenters. The van der Waals surface area contributed by atoms with Crippen molar-refractivity contribution in [3.63, 3.8) is 0 Å². The van der Waals surface area contributed by atoms with Crippen molar-refractivity contribution < 1.29 is 0 Å². The van der Waals surface area contributed by atoms with E-state index in [2.05, 4.69) is 54.5 Å². The normalized spacial score (nSPS) is 10.8. The van der Waals surface area contributed by atoms with Gasteiger partial charge in [-0.1, -0.05) is 31.2 Å². The second kappa shape index (κ2) is 6.00. The summed E-state index contributed by atoms with van der Waals surface area (Å²) in [5.74, 6) is 1.06. The molecule has 0 saturated heterocycles. The van der Waals surface area contributed by atoms with Gasteiger partial charge in [0.05, 0.1) is 5.69 Å². The van der Waals surface area contributed by atoms with Gasteiger partial charge < -0.3 is 0 Å². The molecule has 0 bridgehead atoms. The van der Waals surface area contributed by atoms with E-state index < -0.39 is 0 Å². The molecule has 0 spiro atoms. The molecule has 1 heterocycles. The topological polar surface area (TPSA) is 43.6 Å². The molecule has 96 valence electrons. The van der Waals surface area contributed by atoms with Crippen LogP contribution >= 0.6 is 11.8 Å². The molecule has 18 heavy (non-hydrogen) atoms. The molecule has 1 aromatic carbocycles. The van der Waals surface area contributed by atoms with Gasteiger partial charge in [0.2, 0.25) is 5.16 Å². The first-order valence-electron chi connectivity index (χ1n) is 6.21. The molecule has 0 aliphatic carbocycles. The van der Waals surface area contributed by atoms with Crippen molar-refractivity contribution in [3.05, 3.63) is 29.3 Å². The van der Waals surface area contributed by atoms with Crippen LogP contribution in [0.15, 0.2) is 23.4 Å². The van der Waals surface area contributed by atoms with Crippen LogP contribution in [0, 0.1) is 13.8 Å². The van der Waals surface area contributed by atoms with Gasteiger partial charge in [0.25, 0.3) is 0 Å². The van der Waals surface area contributed by atoms with Gasteiger partial charge in [0, 0.05) is 5.75 Å². The van der Waals surface area contributed by atoms with Crippen molar-refractivity contribution in [1.82, 2.24) is 20.2 Å². The second-order valence-electron chi connectivity index (χ2n) is 4.34. The van der Waals surface area contributed by atoms with E-state index in [0.717, 1.165) is 16.6 Å². The zero-order valence-electron chi connectivity index (χ0n) is 11.1. The third-order valence-corrected chi connectivity index (χ3v) is 3.91. The zero-order chi connectivity index (χ0) is 13.0. The minimum Gasteiger partial charge on any atom is -0.188 e. The van der Waals surface area contributed by atoms with Gasteiger partial charge >= 0.3 is 0 Å². The van der Waals surface area contributed by atoms with Crippen LogP contribution in [0.5, 0.6) is 0 Å². The third kappa shape index (κ3) is 2.90. The van der Waals surface area contributed by atoms with Gasteiger partial charge in [-0.25, -0.2) is 0 Å². The maximum absolute atomic E-state index is 4.08. The molecule has 0 unspecified atom stereocenters. The summed E-state index contributed by atoms with van der Waals surface area (Å²) in [4.78, 5) is 0. The molecule has 0 fully saturated rings. The molecule has 0 amide bonds. The van der Waals surface area contributed by atoms with Gasteiger partial charge in [0.15, 0.2) is 0 Å². The van der Waals surface area contributed by atoms with Gasteiger partial charge in [-0.15, -0.1) is 5.10 Å².